The Morgan fingerprint density at radius 2 is 1.82 bits per heavy atom. The lowest BCUT2D eigenvalue weighted by Crippen LogP contribution is -2.49. The second kappa shape index (κ2) is 8.16. The minimum atomic E-state index is -0.0429. The second-order valence-corrected chi connectivity index (χ2v) is 7.62. The van der Waals surface area contributed by atoms with E-state index in [1.807, 2.05) is 4.90 Å². The number of likely N-dealkylation sites (tertiary alicyclic amines) is 2. The number of hydrogen-bond donors (Lipinski definition) is 2. The first-order chi connectivity index (χ1) is 10.5. The third kappa shape index (κ3) is 5.13. The van der Waals surface area contributed by atoms with Crippen LogP contribution in [0.5, 0.6) is 0 Å². The van der Waals surface area contributed by atoms with E-state index in [2.05, 4.69) is 24.1 Å². The Morgan fingerprint density at radius 1 is 1.18 bits per heavy atom. The Bertz CT molecular complexity index is 346. The Morgan fingerprint density at radius 3 is 2.41 bits per heavy atom. The highest BCUT2D eigenvalue weighted by Crippen LogP contribution is 2.22. The summed E-state index contributed by atoms with van der Waals surface area (Å²) in [5, 5.41) is 12.2. The molecule has 2 N–H and O–H groups in total. The summed E-state index contributed by atoms with van der Waals surface area (Å²) >= 11 is 0. The van der Waals surface area contributed by atoms with Gasteiger partial charge in [-0.1, -0.05) is 13.8 Å². The summed E-state index contributed by atoms with van der Waals surface area (Å²) in [4.78, 5) is 16.7. The fraction of sp³-hybridized carbons (Fsp3) is 0.941. The predicted octanol–water partition coefficient (Wildman–Crippen LogP) is 2.05. The van der Waals surface area contributed by atoms with E-state index in [-0.39, 0.29) is 18.1 Å². The van der Waals surface area contributed by atoms with E-state index in [1.165, 1.54) is 25.9 Å². The van der Waals surface area contributed by atoms with Crippen LogP contribution in [0.15, 0.2) is 0 Å². The van der Waals surface area contributed by atoms with Crippen molar-refractivity contribution in [2.24, 2.45) is 5.41 Å². The van der Waals surface area contributed by atoms with Gasteiger partial charge in [0.2, 0.25) is 0 Å². The molecule has 2 aliphatic rings. The van der Waals surface area contributed by atoms with Crippen LogP contribution in [-0.2, 0) is 0 Å². The zero-order valence-corrected chi connectivity index (χ0v) is 14.3. The Labute approximate surface area is 135 Å². The zero-order valence-electron chi connectivity index (χ0n) is 14.3. The van der Waals surface area contributed by atoms with Gasteiger partial charge in [-0.2, -0.15) is 0 Å². The van der Waals surface area contributed by atoms with E-state index in [4.69, 9.17) is 0 Å². The molecule has 2 amide bonds. The van der Waals surface area contributed by atoms with Crippen molar-refractivity contribution in [3.05, 3.63) is 0 Å². The quantitative estimate of drug-likeness (QED) is 0.738. The van der Waals surface area contributed by atoms with Crippen LogP contribution in [-0.4, -0.2) is 66.3 Å². The summed E-state index contributed by atoms with van der Waals surface area (Å²) in [7, 11) is 0. The van der Waals surface area contributed by atoms with Crippen LogP contribution in [0.4, 0.5) is 4.79 Å². The summed E-state index contributed by atoms with van der Waals surface area (Å²) in [5.74, 6) is 0. The average molecular weight is 311 g/mol. The number of nitrogens with zero attached hydrogens (tertiary/aromatic N) is 2. The SMILES string of the molecule is CC(C)(CO)CCCNC(=O)N1CCC(N2CCCC2)CC1. The van der Waals surface area contributed by atoms with Gasteiger partial charge in [-0.25, -0.2) is 4.79 Å². The Balaban J connectivity index is 1.61. The molecule has 2 heterocycles. The lowest BCUT2D eigenvalue weighted by molar-refractivity contribution is 0.132. The molecule has 5 nitrogen and oxygen atoms in total. The number of piperidine rings is 1. The smallest absolute Gasteiger partial charge is 0.317 e. The maximum atomic E-state index is 12.2. The highest BCUT2D eigenvalue weighted by molar-refractivity contribution is 5.74. The fourth-order valence-corrected chi connectivity index (χ4v) is 3.49. The number of carbonyl (C=O) groups excluding carboxylic acids is 1. The maximum absolute atomic E-state index is 12.2. The highest BCUT2D eigenvalue weighted by Gasteiger charge is 2.28. The largest absolute Gasteiger partial charge is 0.396 e. The molecule has 0 unspecified atom stereocenters. The summed E-state index contributed by atoms with van der Waals surface area (Å²) < 4.78 is 0. The summed E-state index contributed by atoms with van der Waals surface area (Å²) in [5.41, 5.74) is -0.0429. The van der Waals surface area contributed by atoms with Gasteiger partial charge in [0.1, 0.15) is 0 Å². The van der Waals surface area contributed by atoms with Crippen molar-refractivity contribution in [2.45, 2.75) is 58.4 Å². The monoisotopic (exact) mass is 311 g/mol. The number of hydrogen-bond acceptors (Lipinski definition) is 3. The van der Waals surface area contributed by atoms with Gasteiger partial charge in [-0.15, -0.1) is 0 Å². The van der Waals surface area contributed by atoms with Crippen molar-refractivity contribution >= 4 is 6.03 Å². The third-order valence-corrected chi connectivity index (χ3v) is 5.14. The lowest BCUT2D eigenvalue weighted by Gasteiger charge is -2.36. The van der Waals surface area contributed by atoms with Crippen molar-refractivity contribution < 1.29 is 9.90 Å². The van der Waals surface area contributed by atoms with E-state index in [9.17, 15) is 9.90 Å². The molecule has 2 saturated heterocycles. The molecule has 0 radical (unpaired) electrons. The maximum Gasteiger partial charge on any atom is 0.317 e. The standard InChI is InChI=1S/C17H33N3O2/c1-17(2,14-21)8-5-9-18-16(22)20-12-6-15(7-13-20)19-10-3-4-11-19/h15,21H,3-14H2,1-2H3,(H,18,22). The predicted molar refractivity (Wildman–Crippen MR) is 88.9 cm³/mol. The van der Waals surface area contributed by atoms with Crippen LogP contribution in [0.25, 0.3) is 0 Å². The molecule has 2 fully saturated rings. The van der Waals surface area contributed by atoms with Gasteiger partial charge in [0.25, 0.3) is 0 Å². The van der Waals surface area contributed by atoms with Gasteiger partial charge in [0.05, 0.1) is 0 Å². The molecule has 0 aromatic carbocycles. The number of aliphatic hydroxyl groups is 1. The first kappa shape index (κ1) is 17.5. The minimum absolute atomic E-state index is 0.0429. The van der Waals surface area contributed by atoms with Crippen LogP contribution < -0.4 is 5.32 Å². The number of nitrogens with one attached hydrogen (secondary N) is 1. The molecule has 0 atom stereocenters. The normalized spacial score (nSPS) is 21.3. The Kier molecular flexibility index (Phi) is 6.50. The molecular formula is C17H33N3O2. The Hall–Kier alpha value is -0.810. The number of carbonyl (C=O) groups is 1. The molecule has 0 bridgehead atoms. The van der Waals surface area contributed by atoms with Gasteiger partial charge >= 0.3 is 6.03 Å². The molecule has 0 aliphatic carbocycles. The molecule has 5 heteroatoms. The van der Waals surface area contributed by atoms with Gasteiger partial charge in [0.15, 0.2) is 0 Å². The van der Waals surface area contributed by atoms with Crippen LogP contribution in [0, 0.1) is 5.41 Å². The minimum Gasteiger partial charge on any atom is -0.396 e. The van der Waals surface area contributed by atoms with E-state index in [0.29, 0.717) is 12.6 Å². The average Bonchev–Trinajstić information content (AvgIpc) is 3.06. The topological polar surface area (TPSA) is 55.8 Å². The van der Waals surface area contributed by atoms with Crippen LogP contribution >= 0.6 is 0 Å². The van der Waals surface area contributed by atoms with Crippen molar-refractivity contribution in [1.82, 2.24) is 15.1 Å². The summed E-state index contributed by atoms with van der Waals surface area (Å²) in [6.07, 6.45) is 6.76. The molecular weight excluding hydrogens is 278 g/mol. The zero-order chi connectivity index (χ0) is 16.0. The number of urea groups is 1. The van der Waals surface area contributed by atoms with E-state index in [1.54, 1.807) is 0 Å². The van der Waals surface area contributed by atoms with Gasteiger partial charge in [-0.05, 0) is 57.0 Å². The van der Waals surface area contributed by atoms with Crippen molar-refractivity contribution in [3.63, 3.8) is 0 Å². The summed E-state index contributed by atoms with van der Waals surface area (Å²) in [6.45, 7) is 9.27. The molecule has 2 aliphatic heterocycles. The number of rotatable bonds is 6. The number of amides is 2. The van der Waals surface area contributed by atoms with Gasteiger partial charge in [0, 0.05) is 32.3 Å². The molecule has 0 aromatic heterocycles. The van der Waals surface area contributed by atoms with Crippen molar-refractivity contribution in [2.75, 3.05) is 39.3 Å². The van der Waals surface area contributed by atoms with Crippen LogP contribution in [0.3, 0.4) is 0 Å². The molecule has 0 aromatic rings. The van der Waals surface area contributed by atoms with Crippen LogP contribution in [0.2, 0.25) is 0 Å². The highest BCUT2D eigenvalue weighted by atomic mass is 16.3. The van der Waals surface area contributed by atoms with Gasteiger partial charge < -0.3 is 20.2 Å². The van der Waals surface area contributed by atoms with Gasteiger partial charge in [-0.3, -0.25) is 0 Å². The molecule has 0 saturated carbocycles. The van der Waals surface area contributed by atoms with E-state index < -0.39 is 0 Å². The first-order valence-corrected chi connectivity index (χ1v) is 8.89. The lowest BCUT2D eigenvalue weighted by atomic mass is 9.89. The molecule has 0 spiro atoms. The third-order valence-electron chi connectivity index (χ3n) is 5.14. The fourth-order valence-electron chi connectivity index (χ4n) is 3.49. The molecule has 2 rings (SSSR count). The number of aliphatic hydroxyl groups excluding tert-OH is 1. The first-order valence-electron chi connectivity index (χ1n) is 8.89. The van der Waals surface area contributed by atoms with E-state index >= 15 is 0 Å². The van der Waals surface area contributed by atoms with Crippen molar-refractivity contribution in [3.8, 4) is 0 Å². The molecule has 22 heavy (non-hydrogen) atoms. The second-order valence-electron chi connectivity index (χ2n) is 7.62. The van der Waals surface area contributed by atoms with Crippen LogP contribution in [0.1, 0.15) is 52.4 Å². The van der Waals surface area contributed by atoms with E-state index in [0.717, 1.165) is 38.8 Å². The molecule has 128 valence electrons. The summed E-state index contributed by atoms with van der Waals surface area (Å²) in [6, 6.07) is 0.776. The van der Waals surface area contributed by atoms with Crippen molar-refractivity contribution in [1.29, 1.82) is 0 Å².